The quantitative estimate of drug-likeness (QED) is 0.0749. The van der Waals surface area contributed by atoms with Gasteiger partial charge in [-0.05, 0) is 18.8 Å². The highest BCUT2D eigenvalue weighted by Gasteiger charge is 2.64. The molecule has 200 valence electrons. The van der Waals surface area contributed by atoms with Crippen LogP contribution in [0.25, 0.3) is 0 Å². The predicted octanol–water partition coefficient (Wildman–Crippen LogP) is 3.43. The first-order valence-electron chi connectivity index (χ1n) is 12.8. The number of unbranched alkanes of at least 4 members (excludes halogenated alkanes) is 9. The number of aliphatic hydroxyl groups is 4. The number of rotatable bonds is 20. The highest BCUT2D eigenvalue weighted by molar-refractivity contribution is 5.90. The van der Waals surface area contributed by atoms with E-state index in [0.717, 1.165) is 19.3 Å². The molecule has 0 saturated carbocycles. The fourth-order valence-corrected chi connectivity index (χ4v) is 4.59. The Balaban J connectivity index is 2.81. The van der Waals surface area contributed by atoms with E-state index in [4.69, 9.17) is 9.47 Å². The first-order valence-corrected chi connectivity index (χ1v) is 12.8. The molecule has 0 radical (unpaired) electrons. The number of carbonyl (C=O) groups excluding carboxylic acids is 1. The minimum Gasteiger partial charge on any atom is -0.484 e. The molecule has 1 unspecified atom stereocenters. The van der Waals surface area contributed by atoms with Crippen molar-refractivity contribution < 1.29 is 44.8 Å². The fraction of sp³-hybridized carbons (Fsp3) is 0.880. The second-order valence-corrected chi connectivity index (χ2v) is 9.82. The molecule has 3 atom stereocenters. The Bertz CT molecular complexity index is 622. The summed E-state index contributed by atoms with van der Waals surface area (Å²) in [5.74, 6) is -2.03. The van der Waals surface area contributed by atoms with Crippen LogP contribution in [0.1, 0.15) is 97.8 Å². The van der Waals surface area contributed by atoms with E-state index in [2.05, 4.69) is 11.8 Å². The molecule has 1 aliphatic heterocycles. The molecular formula is C25H46O9. The van der Waals surface area contributed by atoms with Crippen LogP contribution in [0.15, 0.2) is 11.5 Å². The molecule has 1 rings (SSSR count). The fourth-order valence-electron chi connectivity index (χ4n) is 4.59. The topological polar surface area (TPSA) is 146 Å². The molecule has 5 N–H and O–H groups in total. The lowest BCUT2D eigenvalue weighted by Gasteiger charge is -2.43. The van der Waals surface area contributed by atoms with Crippen molar-refractivity contribution in [2.75, 3.05) is 19.8 Å². The monoisotopic (exact) mass is 490 g/mol. The normalized spacial score (nSPS) is 21.0. The molecule has 0 bridgehead atoms. The Morgan fingerprint density at radius 2 is 1.56 bits per heavy atom. The van der Waals surface area contributed by atoms with Gasteiger partial charge in [0.05, 0.1) is 25.9 Å². The lowest BCUT2D eigenvalue weighted by Crippen LogP contribution is -2.60. The van der Waals surface area contributed by atoms with Gasteiger partial charge in [-0.15, -0.1) is 0 Å². The smallest absolute Gasteiger partial charge is 0.378 e. The average molecular weight is 491 g/mol. The van der Waals surface area contributed by atoms with Crippen LogP contribution in [-0.4, -0.2) is 68.8 Å². The lowest BCUT2D eigenvalue weighted by molar-refractivity contribution is -0.263. The molecule has 9 heteroatoms. The van der Waals surface area contributed by atoms with Crippen LogP contribution in [0.3, 0.4) is 0 Å². The van der Waals surface area contributed by atoms with Crippen molar-refractivity contribution in [1.82, 2.24) is 0 Å². The molecule has 0 fully saturated rings. The Morgan fingerprint density at radius 3 is 2.03 bits per heavy atom. The minimum absolute atomic E-state index is 0.0342. The lowest BCUT2D eigenvalue weighted by atomic mass is 9.73. The molecule has 0 amide bonds. The summed E-state index contributed by atoms with van der Waals surface area (Å²) in [4.78, 5) is 17.1. The Labute approximate surface area is 203 Å². The first-order chi connectivity index (χ1) is 16.2. The molecule has 0 aromatic heterocycles. The van der Waals surface area contributed by atoms with E-state index >= 15 is 0 Å². The van der Waals surface area contributed by atoms with Gasteiger partial charge in [0.15, 0.2) is 0 Å². The van der Waals surface area contributed by atoms with Gasteiger partial charge < -0.3 is 34.8 Å². The van der Waals surface area contributed by atoms with Crippen LogP contribution in [-0.2, 0) is 19.2 Å². The van der Waals surface area contributed by atoms with Crippen LogP contribution >= 0.6 is 0 Å². The van der Waals surface area contributed by atoms with Gasteiger partial charge in [0.1, 0.15) is 5.60 Å². The summed E-state index contributed by atoms with van der Waals surface area (Å²) in [5, 5.41) is 50.4. The molecule has 1 heterocycles. The van der Waals surface area contributed by atoms with Crippen molar-refractivity contribution in [2.24, 2.45) is 5.92 Å². The first kappa shape index (κ1) is 30.6. The molecule has 34 heavy (non-hydrogen) atoms. The van der Waals surface area contributed by atoms with Crippen molar-refractivity contribution in [3.63, 3.8) is 0 Å². The number of carbonyl (C=O) groups is 1. The van der Waals surface area contributed by atoms with Gasteiger partial charge in [-0.3, -0.25) is 0 Å². The van der Waals surface area contributed by atoms with E-state index in [1.807, 2.05) is 0 Å². The van der Waals surface area contributed by atoms with Gasteiger partial charge in [-0.1, -0.05) is 78.6 Å². The van der Waals surface area contributed by atoms with E-state index in [9.17, 15) is 30.5 Å². The second-order valence-electron chi connectivity index (χ2n) is 9.82. The van der Waals surface area contributed by atoms with Crippen LogP contribution in [0.5, 0.6) is 0 Å². The third-order valence-corrected chi connectivity index (χ3v) is 6.35. The SMILES string of the molecule is CCCCCCCCCCCCOC1=C(OO)[C@@](CC(O)CO)([C@@](O)(CO)CC(C)C)OC1=O. The van der Waals surface area contributed by atoms with Crippen LogP contribution in [0, 0.1) is 5.92 Å². The third kappa shape index (κ3) is 8.37. The summed E-state index contributed by atoms with van der Waals surface area (Å²) in [6.07, 6.45) is 9.40. The highest BCUT2D eigenvalue weighted by Crippen LogP contribution is 2.47. The van der Waals surface area contributed by atoms with Crippen molar-refractivity contribution in [3.05, 3.63) is 11.5 Å². The number of ether oxygens (including phenoxy) is 2. The van der Waals surface area contributed by atoms with Gasteiger partial charge in [0.2, 0.25) is 11.4 Å². The average Bonchev–Trinajstić information content (AvgIpc) is 3.08. The van der Waals surface area contributed by atoms with Crippen molar-refractivity contribution in [1.29, 1.82) is 0 Å². The largest absolute Gasteiger partial charge is 0.484 e. The molecule has 9 nitrogen and oxygen atoms in total. The van der Waals surface area contributed by atoms with Gasteiger partial charge in [-0.25, -0.2) is 10.1 Å². The minimum atomic E-state index is -2.12. The Kier molecular flexibility index (Phi) is 14.0. The van der Waals surface area contributed by atoms with E-state index in [-0.39, 0.29) is 18.9 Å². The molecule has 0 saturated heterocycles. The highest BCUT2D eigenvalue weighted by atomic mass is 17.1. The zero-order valence-corrected chi connectivity index (χ0v) is 21.1. The Hall–Kier alpha value is -1.39. The van der Waals surface area contributed by atoms with E-state index in [1.165, 1.54) is 38.5 Å². The Morgan fingerprint density at radius 1 is 1.00 bits per heavy atom. The summed E-state index contributed by atoms with van der Waals surface area (Å²) in [6, 6.07) is 0. The van der Waals surface area contributed by atoms with Crippen molar-refractivity contribution >= 4 is 5.97 Å². The zero-order chi connectivity index (χ0) is 25.6. The molecule has 0 aromatic rings. The van der Waals surface area contributed by atoms with Crippen LogP contribution in [0.2, 0.25) is 0 Å². The zero-order valence-electron chi connectivity index (χ0n) is 21.1. The number of hydrogen-bond donors (Lipinski definition) is 5. The number of esters is 1. The standard InChI is InChI=1S/C25H46O9/c1-4-5-6-7-8-9-10-11-12-13-14-32-21-22(34-31)25(33-23(21)29,16-20(28)17-26)24(30,18-27)15-19(2)3/h19-20,26-28,30-31H,4-18H2,1-3H3/t20?,24-,25-/m0/s1. The van der Waals surface area contributed by atoms with E-state index < -0.39 is 54.4 Å². The van der Waals surface area contributed by atoms with Crippen molar-refractivity contribution in [3.8, 4) is 0 Å². The molecule has 0 aliphatic carbocycles. The summed E-state index contributed by atoms with van der Waals surface area (Å²) < 4.78 is 11.0. The van der Waals surface area contributed by atoms with E-state index in [1.54, 1.807) is 13.8 Å². The summed E-state index contributed by atoms with van der Waals surface area (Å²) in [7, 11) is 0. The second kappa shape index (κ2) is 15.6. The molecule has 1 aliphatic rings. The van der Waals surface area contributed by atoms with Gasteiger partial charge in [0, 0.05) is 6.42 Å². The number of aliphatic hydroxyl groups excluding tert-OH is 3. The number of hydrogen-bond acceptors (Lipinski definition) is 9. The van der Waals surface area contributed by atoms with Gasteiger partial charge >= 0.3 is 5.97 Å². The van der Waals surface area contributed by atoms with Gasteiger partial charge in [-0.2, -0.15) is 0 Å². The molecular weight excluding hydrogens is 444 g/mol. The maximum atomic E-state index is 12.7. The predicted molar refractivity (Wildman–Crippen MR) is 127 cm³/mol. The third-order valence-electron chi connectivity index (χ3n) is 6.35. The summed E-state index contributed by atoms with van der Waals surface area (Å²) in [5.41, 5.74) is -4.21. The van der Waals surface area contributed by atoms with E-state index in [0.29, 0.717) is 6.42 Å². The van der Waals surface area contributed by atoms with Gasteiger partial charge in [0.25, 0.3) is 5.76 Å². The molecule has 0 aromatic carbocycles. The summed E-state index contributed by atoms with van der Waals surface area (Å²) in [6.45, 7) is 4.44. The van der Waals surface area contributed by atoms with Crippen LogP contribution < -0.4 is 0 Å². The van der Waals surface area contributed by atoms with Crippen molar-refractivity contribution in [2.45, 2.75) is 115 Å². The summed E-state index contributed by atoms with van der Waals surface area (Å²) >= 11 is 0. The van der Waals surface area contributed by atoms with Crippen LogP contribution in [0.4, 0.5) is 0 Å². The maximum absolute atomic E-state index is 12.7. The maximum Gasteiger partial charge on any atom is 0.378 e. The molecule has 0 spiro atoms. The number of cyclic esters (lactones) is 1.